The molecule has 1 N–H and O–H groups in total. The molecule has 0 aliphatic heterocycles. The number of aliphatic hydroxyl groups is 1. The number of nitrogens with zero attached hydrogens (tertiary/aromatic N) is 2. The molecule has 0 amide bonds. The van der Waals surface area contributed by atoms with Crippen molar-refractivity contribution in [2.75, 3.05) is 18.1 Å². The third-order valence-corrected chi connectivity index (χ3v) is 4.05. The Bertz CT molecular complexity index is 714. The number of aromatic nitrogens is 1. The van der Waals surface area contributed by atoms with E-state index in [-0.39, 0.29) is 12.4 Å². The molecule has 1 aromatic carbocycles. The highest BCUT2D eigenvalue weighted by atomic mass is 32.1. The van der Waals surface area contributed by atoms with Crippen molar-refractivity contribution in [2.24, 2.45) is 0 Å². The molecule has 2 aromatic heterocycles. The molecule has 0 aliphatic rings. The summed E-state index contributed by atoms with van der Waals surface area (Å²) in [6, 6.07) is 8.76. The molecule has 3 rings (SSSR count). The highest BCUT2D eigenvalue weighted by molar-refractivity contribution is 7.17. The molecule has 0 fully saturated rings. The van der Waals surface area contributed by atoms with Gasteiger partial charge in [-0.1, -0.05) is 6.07 Å². The van der Waals surface area contributed by atoms with Gasteiger partial charge >= 0.3 is 0 Å². The predicted molar refractivity (Wildman–Crippen MR) is 80.1 cm³/mol. The monoisotopic (exact) mass is 288 g/mol. The maximum Gasteiger partial charge on any atom is 0.133 e. The van der Waals surface area contributed by atoms with E-state index in [4.69, 9.17) is 0 Å². The third-order valence-electron chi connectivity index (χ3n) is 3.12. The van der Waals surface area contributed by atoms with Crippen molar-refractivity contribution in [2.45, 2.75) is 0 Å². The van der Waals surface area contributed by atoms with Crippen molar-refractivity contribution in [3.8, 4) is 0 Å². The highest BCUT2D eigenvalue weighted by Crippen LogP contribution is 2.37. The summed E-state index contributed by atoms with van der Waals surface area (Å²) >= 11 is 1.50. The van der Waals surface area contributed by atoms with Crippen LogP contribution in [0.3, 0.4) is 0 Å². The molecule has 0 saturated carbocycles. The zero-order valence-electron chi connectivity index (χ0n) is 10.7. The maximum atomic E-state index is 14.1. The van der Waals surface area contributed by atoms with Crippen LogP contribution in [-0.2, 0) is 0 Å². The van der Waals surface area contributed by atoms with Crippen molar-refractivity contribution in [3.05, 3.63) is 53.9 Å². The second kappa shape index (κ2) is 5.56. The Morgan fingerprint density at radius 2 is 2.00 bits per heavy atom. The van der Waals surface area contributed by atoms with Crippen LogP contribution in [-0.4, -0.2) is 23.2 Å². The summed E-state index contributed by atoms with van der Waals surface area (Å²) in [7, 11) is 0. The topological polar surface area (TPSA) is 36.4 Å². The van der Waals surface area contributed by atoms with Gasteiger partial charge in [0.25, 0.3) is 0 Å². The standard InChI is InChI=1S/C15H13FN2OS/c16-12-2-1-3-14-15(12)13(10-20-14)18(8-9-19)11-4-6-17-7-5-11/h1-7,10,19H,8-9H2. The fourth-order valence-electron chi connectivity index (χ4n) is 2.24. The molecule has 102 valence electrons. The molecule has 0 saturated heterocycles. The van der Waals surface area contributed by atoms with Crippen LogP contribution in [0.4, 0.5) is 15.8 Å². The van der Waals surface area contributed by atoms with Gasteiger partial charge in [0, 0.05) is 34.7 Å². The molecule has 5 heteroatoms. The van der Waals surface area contributed by atoms with E-state index in [0.717, 1.165) is 16.1 Å². The van der Waals surface area contributed by atoms with Crippen molar-refractivity contribution >= 4 is 32.8 Å². The highest BCUT2D eigenvalue weighted by Gasteiger charge is 2.16. The first-order valence-corrected chi connectivity index (χ1v) is 7.13. The second-order valence-electron chi connectivity index (χ2n) is 4.31. The van der Waals surface area contributed by atoms with Crippen LogP contribution in [0.25, 0.3) is 10.1 Å². The molecule has 0 radical (unpaired) electrons. The summed E-state index contributed by atoms with van der Waals surface area (Å²) in [5, 5.41) is 11.8. The zero-order chi connectivity index (χ0) is 13.9. The first-order valence-electron chi connectivity index (χ1n) is 6.25. The van der Waals surface area contributed by atoms with Crippen LogP contribution < -0.4 is 4.90 Å². The molecule has 2 heterocycles. The van der Waals surface area contributed by atoms with Crippen LogP contribution >= 0.6 is 11.3 Å². The van der Waals surface area contributed by atoms with E-state index in [2.05, 4.69) is 4.98 Å². The fraction of sp³-hybridized carbons (Fsp3) is 0.133. The SMILES string of the molecule is OCCN(c1ccncc1)c1csc2cccc(F)c12. The maximum absolute atomic E-state index is 14.1. The van der Waals surface area contributed by atoms with E-state index < -0.39 is 0 Å². The summed E-state index contributed by atoms with van der Waals surface area (Å²) in [6.45, 7) is 0.401. The number of benzene rings is 1. The van der Waals surface area contributed by atoms with Crippen molar-refractivity contribution < 1.29 is 9.50 Å². The van der Waals surface area contributed by atoms with Gasteiger partial charge in [0.15, 0.2) is 0 Å². The van der Waals surface area contributed by atoms with Crippen LogP contribution in [0, 0.1) is 5.82 Å². The van der Waals surface area contributed by atoms with Crippen LogP contribution in [0.1, 0.15) is 0 Å². The summed E-state index contributed by atoms with van der Waals surface area (Å²) in [5.41, 5.74) is 1.67. The van der Waals surface area contributed by atoms with Crippen LogP contribution in [0.15, 0.2) is 48.1 Å². The number of halogens is 1. The first kappa shape index (κ1) is 13.0. The average molecular weight is 288 g/mol. The number of hydrogen-bond acceptors (Lipinski definition) is 4. The number of fused-ring (bicyclic) bond motifs is 1. The summed E-state index contributed by atoms with van der Waals surface area (Å²) < 4.78 is 15.0. The van der Waals surface area contributed by atoms with Crippen molar-refractivity contribution in [1.82, 2.24) is 4.98 Å². The van der Waals surface area contributed by atoms with Gasteiger partial charge in [0.2, 0.25) is 0 Å². The van der Waals surface area contributed by atoms with E-state index in [1.54, 1.807) is 18.5 Å². The normalized spacial score (nSPS) is 10.9. The van der Waals surface area contributed by atoms with Gasteiger partial charge in [0.1, 0.15) is 5.82 Å². The Balaban J connectivity index is 2.15. The summed E-state index contributed by atoms with van der Waals surface area (Å²) in [4.78, 5) is 5.89. The lowest BCUT2D eigenvalue weighted by Crippen LogP contribution is -2.20. The Morgan fingerprint density at radius 1 is 1.20 bits per heavy atom. The summed E-state index contributed by atoms with van der Waals surface area (Å²) in [5.74, 6) is -0.240. The van der Waals surface area contributed by atoms with Gasteiger partial charge in [-0.15, -0.1) is 11.3 Å². The number of hydrogen-bond donors (Lipinski definition) is 1. The van der Waals surface area contributed by atoms with E-state index in [9.17, 15) is 9.50 Å². The van der Waals surface area contributed by atoms with Gasteiger partial charge in [-0.3, -0.25) is 4.98 Å². The number of thiophene rings is 1. The minimum absolute atomic E-state index is 0.00584. The Labute approximate surface area is 119 Å². The Hall–Kier alpha value is -1.98. The van der Waals surface area contributed by atoms with Crippen LogP contribution in [0.5, 0.6) is 0 Å². The van der Waals surface area contributed by atoms with Gasteiger partial charge in [-0.25, -0.2) is 4.39 Å². The van der Waals surface area contributed by atoms with E-state index >= 15 is 0 Å². The predicted octanol–water partition coefficient (Wildman–Crippen LogP) is 3.57. The minimum atomic E-state index is -0.240. The van der Waals surface area contributed by atoms with E-state index in [1.165, 1.54) is 17.4 Å². The molecule has 0 bridgehead atoms. The molecule has 0 unspecified atom stereocenters. The van der Waals surface area contributed by atoms with E-state index in [1.807, 2.05) is 28.5 Å². The van der Waals surface area contributed by atoms with Gasteiger partial charge in [-0.2, -0.15) is 0 Å². The average Bonchev–Trinajstić information content (AvgIpc) is 2.91. The largest absolute Gasteiger partial charge is 0.395 e. The molecule has 20 heavy (non-hydrogen) atoms. The Morgan fingerprint density at radius 3 is 2.75 bits per heavy atom. The molecule has 3 nitrogen and oxygen atoms in total. The van der Waals surface area contributed by atoms with Gasteiger partial charge in [0.05, 0.1) is 17.7 Å². The number of rotatable bonds is 4. The molecular weight excluding hydrogens is 275 g/mol. The molecule has 0 aliphatic carbocycles. The first-order chi connectivity index (χ1) is 9.81. The number of aliphatic hydroxyl groups excluding tert-OH is 1. The van der Waals surface area contributed by atoms with Gasteiger partial charge in [-0.05, 0) is 24.3 Å². The summed E-state index contributed by atoms with van der Waals surface area (Å²) in [6.07, 6.45) is 3.37. The number of pyridine rings is 1. The molecule has 0 spiro atoms. The molecule has 0 atom stereocenters. The molecule has 3 aromatic rings. The fourth-order valence-corrected chi connectivity index (χ4v) is 3.20. The zero-order valence-corrected chi connectivity index (χ0v) is 11.5. The van der Waals surface area contributed by atoms with E-state index in [0.29, 0.717) is 11.9 Å². The van der Waals surface area contributed by atoms with Crippen molar-refractivity contribution in [3.63, 3.8) is 0 Å². The second-order valence-corrected chi connectivity index (χ2v) is 5.23. The quantitative estimate of drug-likeness (QED) is 0.797. The van der Waals surface area contributed by atoms with Crippen molar-refractivity contribution in [1.29, 1.82) is 0 Å². The smallest absolute Gasteiger partial charge is 0.133 e. The van der Waals surface area contributed by atoms with Gasteiger partial charge < -0.3 is 10.0 Å². The number of anilines is 2. The Kier molecular flexibility index (Phi) is 3.62. The molecular formula is C15H13FN2OS. The lowest BCUT2D eigenvalue weighted by Gasteiger charge is -2.23. The third kappa shape index (κ3) is 2.26. The lowest BCUT2D eigenvalue weighted by atomic mass is 10.2. The minimum Gasteiger partial charge on any atom is -0.395 e. The lowest BCUT2D eigenvalue weighted by molar-refractivity contribution is 0.306. The van der Waals surface area contributed by atoms with Crippen LogP contribution in [0.2, 0.25) is 0 Å².